The van der Waals surface area contributed by atoms with Gasteiger partial charge in [-0.1, -0.05) is 0 Å². The molecule has 3 nitrogen and oxygen atoms in total. The topological polar surface area (TPSA) is 38.7 Å². The Labute approximate surface area is 65.6 Å². The van der Waals surface area contributed by atoms with Crippen molar-refractivity contribution in [1.82, 2.24) is 14.3 Å². The quantitative estimate of drug-likeness (QED) is 0.651. The smallest absolute Gasteiger partial charge is 0.184 e. The van der Waals surface area contributed by atoms with E-state index < -0.39 is 0 Å². The van der Waals surface area contributed by atoms with Crippen molar-refractivity contribution in [3.8, 4) is 10.7 Å². The predicted octanol–water partition coefficient (Wildman–Crippen LogP) is 1.66. The van der Waals surface area contributed by atoms with Crippen molar-refractivity contribution in [3.05, 3.63) is 17.2 Å². The second kappa shape index (κ2) is 2.43. The first-order valence-electron chi connectivity index (χ1n) is 2.62. The number of aromatic nitrogens is 3. The number of thiazole rings is 1. The Morgan fingerprint density at radius 1 is 1.30 bits per heavy atom. The maximum absolute atomic E-state index is 4.06. The molecule has 50 valence electrons. The van der Waals surface area contributed by atoms with Gasteiger partial charge in [0.15, 0.2) is 5.82 Å². The van der Waals surface area contributed by atoms with Crippen LogP contribution in [0.2, 0.25) is 0 Å². The van der Waals surface area contributed by atoms with Crippen molar-refractivity contribution in [2.75, 3.05) is 0 Å². The first-order chi connectivity index (χ1) is 4.97. The maximum Gasteiger partial charge on any atom is 0.184 e. The summed E-state index contributed by atoms with van der Waals surface area (Å²) in [5.41, 5.74) is 3.49. The minimum Gasteiger partial charge on any atom is -0.252 e. The van der Waals surface area contributed by atoms with E-state index in [1.54, 1.807) is 28.6 Å². The summed E-state index contributed by atoms with van der Waals surface area (Å²) in [5, 5.41) is 0. The molecular weight excluding hydrogens is 166 g/mol. The molecule has 2 aromatic rings. The van der Waals surface area contributed by atoms with E-state index in [2.05, 4.69) is 14.3 Å². The number of rotatable bonds is 1. The zero-order chi connectivity index (χ0) is 6.81. The molecule has 0 spiro atoms. The van der Waals surface area contributed by atoms with Crippen molar-refractivity contribution in [2.24, 2.45) is 0 Å². The summed E-state index contributed by atoms with van der Waals surface area (Å²) in [6, 6.07) is 0. The molecule has 2 rings (SSSR count). The second-order valence-corrected chi connectivity index (χ2v) is 3.11. The van der Waals surface area contributed by atoms with Crippen LogP contribution in [0, 0.1) is 0 Å². The van der Waals surface area contributed by atoms with Gasteiger partial charge in [0.1, 0.15) is 5.51 Å². The molecule has 10 heavy (non-hydrogen) atoms. The van der Waals surface area contributed by atoms with E-state index in [0.29, 0.717) is 0 Å². The summed E-state index contributed by atoms with van der Waals surface area (Å²) in [6.45, 7) is 0. The van der Waals surface area contributed by atoms with E-state index in [-0.39, 0.29) is 0 Å². The van der Waals surface area contributed by atoms with Crippen LogP contribution in [0.15, 0.2) is 17.2 Å². The van der Waals surface area contributed by atoms with Crippen molar-refractivity contribution < 1.29 is 0 Å². The lowest BCUT2D eigenvalue weighted by atomic mass is 10.5. The van der Waals surface area contributed by atoms with E-state index in [1.165, 1.54) is 11.5 Å². The van der Waals surface area contributed by atoms with E-state index in [0.717, 1.165) is 10.7 Å². The van der Waals surface area contributed by atoms with Gasteiger partial charge >= 0.3 is 0 Å². The molecule has 0 saturated carbocycles. The lowest BCUT2D eigenvalue weighted by molar-refractivity contribution is 1.33. The van der Waals surface area contributed by atoms with Crippen LogP contribution < -0.4 is 0 Å². The number of hydrogen-bond donors (Lipinski definition) is 0. The SMILES string of the molecule is c1nc(-c2cncs2)ns1. The summed E-state index contributed by atoms with van der Waals surface area (Å²) < 4.78 is 4.06. The Hall–Kier alpha value is -0.810. The van der Waals surface area contributed by atoms with Gasteiger partial charge in [0.05, 0.1) is 10.4 Å². The summed E-state index contributed by atoms with van der Waals surface area (Å²) in [6.07, 6.45) is 1.77. The van der Waals surface area contributed by atoms with Gasteiger partial charge in [-0.3, -0.25) is 4.98 Å². The van der Waals surface area contributed by atoms with Gasteiger partial charge in [-0.15, -0.1) is 11.3 Å². The van der Waals surface area contributed by atoms with E-state index >= 15 is 0 Å². The fraction of sp³-hybridized carbons (Fsp3) is 0. The molecule has 0 atom stereocenters. The highest BCUT2D eigenvalue weighted by molar-refractivity contribution is 7.13. The maximum atomic E-state index is 4.06. The zero-order valence-corrected chi connectivity index (χ0v) is 6.52. The summed E-state index contributed by atoms with van der Waals surface area (Å²) in [5.74, 6) is 0.785. The Balaban J connectivity index is 2.48. The van der Waals surface area contributed by atoms with Crippen LogP contribution in [0.4, 0.5) is 0 Å². The van der Waals surface area contributed by atoms with Crippen LogP contribution in [-0.4, -0.2) is 14.3 Å². The van der Waals surface area contributed by atoms with Gasteiger partial charge in [-0.05, 0) is 11.5 Å². The molecule has 0 radical (unpaired) electrons. The molecule has 5 heteroatoms. The van der Waals surface area contributed by atoms with Gasteiger partial charge in [0.25, 0.3) is 0 Å². The van der Waals surface area contributed by atoms with Gasteiger partial charge in [-0.2, -0.15) is 4.37 Å². The number of nitrogens with zero attached hydrogens (tertiary/aromatic N) is 3. The van der Waals surface area contributed by atoms with E-state index in [1.807, 2.05) is 0 Å². The first kappa shape index (κ1) is 5.94. The molecule has 0 N–H and O–H groups in total. The zero-order valence-electron chi connectivity index (χ0n) is 4.89. The Morgan fingerprint density at radius 3 is 2.90 bits per heavy atom. The Bertz CT molecular complexity index is 254. The molecular formula is C5H3N3S2. The molecule has 0 bridgehead atoms. The van der Waals surface area contributed by atoms with Crippen LogP contribution in [0.1, 0.15) is 0 Å². The highest BCUT2D eigenvalue weighted by Gasteiger charge is 2.00. The lowest BCUT2D eigenvalue weighted by Crippen LogP contribution is -1.71. The summed E-state index contributed by atoms with van der Waals surface area (Å²) >= 11 is 2.91. The Morgan fingerprint density at radius 2 is 2.30 bits per heavy atom. The van der Waals surface area contributed by atoms with Crippen LogP contribution in [0.5, 0.6) is 0 Å². The largest absolute Gasteiger partial charge is 0.252 e. The Kier molecular flexibility index (Phi) is 1.44. The number of hydrogen-bond acceptors (Lipinski definition) is 5. The molecule has 2 heterocycles. The second-order valence-electron chi connectivity index (χ2n) is 1.62. The average molecular weight is 169 g/mol. The molecule has 0 fully saturated rings. The van der Waals surface area contributed by atoms with Gasteiger partial charge < -0.3 is 0 Å². The summed E-state index contributed by atoms with van der Waals surface area (Å²) in [4.78, 5) is 8.99. The van der Waals surface area contributed by atoms with Crippen LogP contribution in [-0.2, 0) is 0 Å². The molecule has 0 aromatic carbocycles. The minimum atomic E-state index is 0.785. The fourth-order valence-electron chi connectivity index (χ4n) is 0.605. The highest BCUT2D eigenvalue weighted by atomic mass is 32.1. The van der Waals surface area contributed by atoms with E-state index in [4.69, 9.17) is 0 Å². The summed E-state index contributed by atoms with van der Waals surface area (Å²) in [7, 11) is 0. The molecule has 0 unspecified atom stereocenters. The highest BCUT2D eigenvalue weighted by Crippen LogP contribution is 2.18. The standard InChI is InChI=1S/C5H3N3S2/c1-4(9-2-6-1)5-7-3-10-8-5/h1-3H. The van der Waals surface area contributed by atoms with Crippen molar-refractivity contribution in [1.29, 1.82) is 0 Å². The molecule has 0 aliphatic heterocycles. The third-order valence-corrected chi connectivity index (χ3v) is 2.26. The minimum absolute atomic E-state index is 0.785. The normalized spacial score (nSPS) is 10.0. The fourth-order valence-corrected chi connectivity index (χ4v) is 1.66. The van der Waals surface area contributed by atoms with E-state index in [9.17, 15) is 0 Å². The third kappa shape index (κ3) is 0.932. The monoisotopic (exact) mass is 169 g/mol. The first-order valence-corrected chi connectivity index (χ1v) is 4.33. The van der Waals surface area contributed by atoms with Crippen LogP contribution >= 0.6 is 22.9 Å². The molecule has 0 saturated heterocycles. The van der Waals surface area contributed by atoms with Crippen molar-refractivity contribution >= 4 is 22.9 Å². The van der Waals surface area contributed by atoms with Gasteiger partial charge in [0.2, 0.25) is 0 Å². The predicted molar refractivity (Wildman–Crippen MR) is 41.0 cm³/mol. The van der Waals surface area contributed by atoms with Crippen LogP contribution in [0.3, 0.4) is 0 Å². The molecule has 0 amide bonds. The third-order valence-electron chi connectivity index (χ3n) is 1.01. The molecule has 0 aliphatic carbocycles. The van der Waals surface area contributed by atoms with Crippen molar-refractivity contribution in [2.45, 2.75) is 0 Å². The molecule has 0 aliphatic rings. The van der Waals surface area contributed by atoms with Crippen molar-refractivity contribution in [3.63, 3.8) is 0 Å². The van der Waals surface area contributed by atoms with Gasteiger partial charge in [-0.25, -0.2) is 4.98 Å². The average Bonchev–Trinajstić information content (AvgIpc) is 2.59. The lowest BCUT2D eigenvalue weighted by Gasteiger charge is -1.80. The van der Waals surface area contributed by atoms with Crippen LogP contribution in [0.25, 0.3) is 10.7 Å². The van der Waals surface area contributed by atoms with Gasteiger partial charge in [0, 0.05) is 6.20 Å². The molecule has 2 aromatic heterocycles.